The first-order chi connectivity index (χ1) is 8.08. The van der Waals surface area contributed by atoms with Gasteiger partial charge in [0.05, 0.1) is 11.4 Å². The van der Waals surface area contributed by atoms with E-state index >= 15 is 0 Å². The van der Waals surface area contributed by atoms with Crippen molar-refractivity contribution in [1.29, 1.82) is 0 Å². The molecule has 0 bridgehead atoms. The number of allylic oxidation sites excluding steroid dienone is 4. The van der Waals surface area contributed by atoms with Crippen LogP contribution in [0.1, 0.15) is 13.8 Å². The number of phenols is 1. The zero-order valence-electron chi connectivity index (χ0n) is 9.77. The molecule has 0 heterocycles. The van der Waals surface area contributed by atoms with Crippen molar-refractivity contribution in [3.63, 3.8) is 0 Å². The van der Waals surface area contributed by atoms with Crippen molar-refractivity contribution in [3.05, 3.63) is 47.6 Å². The molecular weight excluding hydrogens is 214 g/mol. The topological polar surface area (TPSA) is 49.7 Å². The maximum atomic E-state index is 11.4. The lowest BCUT2D eigenvalue weighted by atomic mass is 9.97. The third-order valence-electron chi connectivity index (χ3n) is 2.81. The van der Waals surface area contributed by atoms with Crippen molar-refractivity contribution in [1.82, 2.24) is 0 Å². The van der Waals surface area contributed by atoms with Gasteiger partial charge in [0.25, 0.3) is 0 Å². The molecule has 17 heavy (non-hydrogen) atoms. The van der Waals surface area contributed by atoms with Gasteiger partial charge in [-0.05, 0) is 55.8 Å². The fourth-order valence-corrected chi connectivity index (χ4v) is 1.57. The predicted octanol–water partition coefficient (Wildman–Crippen LogP) is 2.94. The van der Waals surface area contributed by atoms with Crippen LogP contribution in [0.2, 0.25) is 0 Å². The van der Waals surface area contributed by atoms with E-state index in [4.69, 9.17) is 0 Å². The van der Waals surface area contributed by atoms with Gasteiger partial charge in [0.15, 0.2) is 5.78 Å². The standard InChI is InChI=1S/C14H13NO2/c1-9-10(2)14(17)8-7-13(9)15-11-3-5-12(16)6-4-11/h3-8,16H,1-2H3. The van der Waals surface area contributed by atoms with Gasteiger partial charge in [-0.3, -0.25) is 4.79 Å². The summed E-state index contributed by atoms with van der Waals surface area (Å²) in [5.74, 6) is 0.249. The third kappa shape index (κ3) is 2.33. The smallest absolute Gasteiger partial charge is 0.181 e. The number of rotatable bonds is 1. The van der Waals surface area contributed by atoms with Gasteiger partial charge >= 0.3 is 0 Å². The molecule has 1 aromatic rings. The number of aliphatic imine (C=N–C) groups is 1. The number of benzene rings is 1. The first-order valence-corrected chi connectivity index (χ1v) is 5.36. The lowest BCUT2D eigenvalue weighted by Crippen LogP contribution is -2.10. The van der Waals surface area contributed by atoms with Crippen LogP contribution in [0.25, 0.3) is 0 Å². The van der Waals surface area contributed by atoms with Gasteiger partial charge in [0.2, 0.25) is 0 Å². The second-order valence-corrected chi connectivity index (χ2v) is 3.96. The lowest BCUT2D eigenvalue weighted by Gasteiger charge is -2.10. The van der Waals surface area contributed by atoms with E-state index in [9.17, 15) is 9.90 Å². The van der Waals surface area contributed by atoms with Gasteiger partial charge in [-0.15, -0.1) is 0 Å². The zero-order valence-corrected chi connectivity index (χ0v) is 9.77. The predicted molar refractivity (Wildman–Crippen MR) is 67.7 cm³/mol. The SMILES string of the molecule is CC1=C(C)C(=Nc2ccc(O)cc2)C=CC1=O. The number of ketones is 1. The number of aromatic hydroxyl groups is 1. The van der Waals surface area contributed by atoms with Gasteiger partial charge in [0.1, 0.15) is 5.75 Å². The molecule has 0 saturated heterocycles. The summed E-state index contributed by atoms with van der Waals surface area (Å²) in [6.45, 7) is 3.68. The van der Waals surface area contributed by atoms with Crippen LogP contribution >= 0.6 is 0 Å². The summed E-state index contributed by atoms with van der Waals surface area (Å²) in [5, 5.41) is 9.17. The van der Waals surface area contributed by atoms with Crippen molar-refractivity contribution >= 4 is 17.2 Å². The van der Waals surface area contributed by atoms with Gasteiger partial charge in [-0.25, -0.2) is 4.99 Å². The van der Waals surface area contributed by atoms with Crippen LogP contribution in [0.15, 0.2) is 52.6 Å². The Morgan fingerprint density at radius 2 is 1.65 bits per heavy atom. The molecule has 1 N–H and O–H groups in total. The van der Waals surface area contributed by atoms with Crippen molar-refractivity contribution in [2.45, 2.75) is 13.8 Å². The first kappa shape index (κ1) is 11.3. The Morgan fingerprint density at radius 3 is 2.29 bits per heavy atom. The van der Waals surface area contributed by atoms with Crippen LogP contribution in [0.5, 0.6) is 5.75 Å². The number of phenolic OH excluding ortho intramolecular Hbond substituents is 1. The van der Waals surface area contributed by atoms with Crippen LogP contribution in [0, 0.1) is 0 Å². The van der Waals surface area contributed by atoms with Crippen LogP contribution in [-0.2, 0) is 4.79 Å². The lowest BCUT2D eigenvalue weighted by molar-refractivity contribution is -0.111. The Kier molecular flexibility index (Phi) is 2.91. The third-order valence-corrected chi connectivity index (χ3v) is 2.81. The van der Waals surface area contributed by atoms with E-state index in [1.54, 1.807) is 37.3 Å². The first-order valence-electron chi connectivity index (χ1n) is 5.36. The minimum absolute atomic E-state index is 0.0344. The summed E-state index contributed by atoms with van der Waals surface area (Å²) < 4.78 is 0. The second-order valence-electron chi connectivity index (χ2n) is 3.96. The van der Waals surface area contributed by atoms with Crippen LogP contribution in [0.3, 0.4) is 0 Å². The number of hydrogen-bond acceptors (Lipinski definition) is 3. The van der Waals surface area contributed by atoms with E-state index in [1.807, 2.05) is 6.92 Å². The largest absolute Gasteiger partial charge is 0.508 e. The number of carbonyl (C=O) groups is 1. The summed E-state index contributed by atoms with van der Waals surface area (Å²) >= 11 is 0. The molecule has 1 aliphatic carbocycles. The minimum Gasteiger partial charge on any atom is -0.508 e. The Balaban J connectivity index is 2.38. The summed E-state index contributed by atoms with van der Waals surface area (Å²) in [6, 6.07) is 6.64. The second kappa shape index (κ2) is 4.37. The summed E-state index contributed by atoms with van der Waals surface area (Å²) in [7, 11) is 0. The monoisotopic (exact) mass is 227 g/mol. The minimum atomic E-state index is 0.0344. The Labute approximate surface area is 99.8 Å². The van der Waals surface area contributed by atoms with Crippen LogP contribution < -0.4 is 0 Å². The Bertz CT molecular complexity index is 548. The van der Waals surface area contributed by atoms with Crippen LogP contribution in [0.4, 0.5) is 5.69 Å². The number of hydrogen-bond donors (Lipinski definition) is 1. The van der Waals surface area contributed by atoms with E-state index in [-0.39, 0.29) is 11.5 Å². The fraction of sp³-hybridized carbons (Fsp3) is 0.143. The fourth-order valence-electron chi connectivity index (χ4n) is 1.57. The number of carbonyl (C=O) groups excluding carboxylic acids is 1. The molecule has 1 aromatic carbocycles. The molecule has 3 heteroatoms. The highest BCUT2D eigenvalue weighted by Crippen LogP contribution is 2.21. The van der Waals surface area contributed by atoms with Crippen LogP contribution in [-0.4, -0.2) is 16.6 Å². The molecule has 86 valence electrons. The Morgan fingerprint density at radius 1 is 1.00 bits per heavy atom. The van der Waals surface area contributed by atoms with Crippen molar-refractivity contribution in [2.75, 3.05) is 0 Å². The molecule has 0 atom stereocenters. The number of nitrogens with zero attached hydrogens (tertiary/aromatic N) is 1. The summed E-state index contributed by atoms with van der Waals surface area (Å²) in [4.78, 5) is 15.8. The van der Waals surface area contributed by atoms with Gasteiger partial charge in [-0.2, -0.15) is 0 Å². The average molecular weight is 227 g/mol. The van der Waals surface area contributed by atoms with Crippen molar-refractivity contribution in [3.8, 4) is 5.75 Å². The highest BCUT2D eigenvalue weighted by atomic mass is 16.3. The molecular formula is C14H13NO2. The highest BCUT2D eigenvalue weighted by Gasteiger charge is 2.13. The molecule has 0 amide bonds. The molecule has 0 aliphatic heterocycles. The van der Waals surface area contributed by atoms with Gasteiger partial charge in [0, 0.05) is 5.57 Å². The highest BCUT2D eigenvalue weighted by molar-refractivity contribution is 6.22. The molecule has 0 aromatic heterocycles. The maximum absolute atomic E-state index is 11.4. The zero-order chi connectivity index (χ0) is 12.4. The van der Waals surface area contributed by atoms with Crippen molar-refractivity contribution < 1.29 is 9.90 Å². The molecule has 0 radical (unpaired) electrons. The van der Waals surface area contributed by atoms with E-state index in [2.05, 4.69) is 4.99 Å². The summed E-state index contributed by atoms with van der Waals surface area (Å²) in [6.07, 6.45) is 3.25. The van der Waals surface area contributed by atoms with Gasteiger partial charge < -0.3 is 5.11 Å². The van der Waals surface area contributed by atoms with E-state index < -0.39 is 0 Å². The van der Waals surface area contributed by atoms with E-state index in [1.165, 1.54) is 6.08 Å². The van der Waals surface area contributed by atoms with E-state index in [0.717, 1.165) is 22.5 Å². The molecule has 0 saturated carbocycles. The molecule has 0 fully saturated rings. The average Bonchev–Trinajstić information content (AvgIpc) is 2.33. The molecule has 0 unspecified atom stereocenters. The summed E-state index contributed by atoms with van der Waals surface area (Å²) in [5.41, 5.74) is 3.16. The molecule has 1 aliphatic rings. The van der Waals surface area contributed by atoms with E-state index in [0.29, 0.717) is 0 Å². The maximum Gasteiger partial charge on any atom is 0.181 e. The molecule has 2 rings (SSSR count). The normalized spacial score (nSPS) is 18.0. The quantitative estimate of drug-likeness (QED) is 0.750. The van der Waals surface area contributed by atoms with Crippen molar-refractivity contribution in [2.24, 2.45) is 4.99 Å². The van der Waals surface area contributed by atoms with Gasteiger partial charge in [-0.1, -0.05) is 0 Å². The Hall–Kier alpha value is -2.16. The molecule has 3 nitrogen and oxygen atoms in total. The molecule has 0 spiro atoms.